The van der Waals surface area contributed by atoms with Crippen LogP contribution < -0.4 is 4.74 Å². The van der Waals surface area contributed by atoms with Crippen molar-refractivity contribution in [3.8, 4) is 5.75 Å². The van der Waals surface area contributed by atoms with Crippen LogP contribution in [0.25, 0.3) is 0 Å². The monoisotopic (exact) mass is 362 g/mol. The summed E-state index contributed by atoms with van der Waals surface area (Å²) in [6.07, 6.45) is 1.15. The van der Waals surface area contributed by atoms with E-state index in [0.717, 1.165) is 39.1 Å². The van der Waals surface area contributed by atoms with E-state index in [1.165, 1.54) is 6.07 Å². The normalized spacial score (nSPS) is 15.8. The smallest absolute Gasteiger partial charge is 0.335 e. The highest BCUT2D eigenvalue weighted by Gasteiger charge is 2.22. The average molecular weight is 362 g/mol. The number of hydrogen-bond acceptors (Lipinski definition) is 4. The number of piperazine rings is 1. The van der Waals surface area contributed by atoms with Gasteiger partial charge in [0, 0.05) is 26.2 Å². The lowest BCUT2D eigenvalue weighted by Crippen LogP contribution is -2.50. The first kappa shape index (κ1) is 20.2. The molecule has 1 aromatic carbocycles. The van der Waals surface area contributed by atoms with Crippen LogP contribution >= 0.6 is 0 Å². The molecule has 1 amide bonds. The number of carboxylic acids is 1. The summed E-state index contributed by atoms with van der Waals surface area (Å²) in [6.45, 7) is 12.8. The minimum absolute atomic E-state index is 0.0186. The summed E-state index contributed by atoms with van der Waals surface area (Å²) >= 11 is 0. The van der Waals surface area contributed by atoms with Gasteiger partial charge >= 0.3 is 5.97 Å². The van der Waals surface area contributed by atoms with Gasteiger partial charge in [-0.15, -0.1) is 0 Å². The molecule has 2 rings (SSSR count). The van der Waals surface area contributed by atoms with Gasteiger partial charge in [-0.1, -0.05) is 20.8 Å². The molecule has 0 atom stereocenters. The van der Waals surface area contributed by atoms with E-state index in [1.807, 2.05) is 4.90 Å². The van der Waals surface area contributed by atoms with Crippen molar-refractivity contribution in [2.24, 2.45) is 5.41 Å². The van der Waals surface area contributed by atoms with Gasteiger partial charge < -0.3 is 14.7 Å². The third-order valence-corrected chi connectivity index (χ3v) is 4.68. The molecule has 0 aromatic heterocycles. The lowest BCUT2D eigenvalue weighted by atomic mass is 9.92. The molecule has 0 unspecified atom stereocenters. The molecule has 0 spiro atoms. The Hall–Kier alpha value is -2.08. The molecule has 1 heterocycles. The zero-order valence-corrected chi connectivity index (χ0v) is 16.2. The summed E-state index contributed by atoms with van der Waals surface area (Å²) in [5, 5.41) is 8.99. The maximum absolute atomic E-state index is 12.4. The highest BCUT2D eigenvalue weighted by atomic mass is 16.5. The second-order valence-electron chi connectivity index (χ2n) is 8.11. The fraction of sp³-hybridized carbons (Fsp3) is 0.600. The zero-order valence-electron chi connectivity index (χ0n) is 16.2. The van der Waals surface area contributed by atoms with Gasteiger partial charge in [0.15, 0.2) is 6.61 Å². The number of rotatable bonds is 6. The topological polar surface area (TPSA) is 70.1 Å². The van der Waals surface area contributed by atoms with E-state index in [0.29, 0.717) is 16.7 Å². The largest absolute Gasteiger partial charge is 0.483 e. The quantitative estimate of drug-likeness (QED) is 0.842. The first-order valence-electron chi connectivity index (χ1n) is 9.12. The molecule has 1 N–H and O–H groups in total. The maximum Gasteiger partial charge on any atom is 0.335 e. The number of carbonyl (C=O) groups excluding carboxylic acids is 1. The minimum atomic E-state index is -0.972. The van der Waals surface area contributed by atoms with Gasteiger partial charge in [-0.3, -0.25) is 9.69 Å². The van der Waals surface area contributed by atoms with Gasteiger partial charge in [-0.05, 0) is 49.1 Å². The van der Waals surface area contributed by atoms with Crippen molar-refractivity contribution < 1.29 is 19.4 Å². The molecule has 0 aliphatic carbocycles. The Labute approximate surface area is 155 Å². The van der Waals surface area contributed by atoms with Crippen LogP contribution in [-0.4, -0.2) is 66.1 Å². The van der Waals surface area contributed by atoms with Gasteiger partial charge in [0.1, 0.15) is 5.75 Å². The first-order valence-corrected chi connectivity index (χ1v) is 9.12. The lowest BCUT2D eigenvalue weighted by Gasteiger charge is -2.35. The zero-order chi connectivity index (χ0) is 19.3. The van der Waals surface area contributed by atoms with Gasteiger partial charge in [0.05, 0.1) is 5.56 Å². The van der Waals surface area contributed by atoms with Gasteiger partial charge in [-0.2, -0.15) is 0 Å². The number of aryl methyl sites for hydroxylation is 1. The Kier molecular flexibility index (Phi) is 6.64. The van der Waals surface area contributed by atoms with Gasteiger partial charge in [0.25, 0.3) is 5.91 Å². The molecule has 1 aliphatic heterocycles. The lowest BCUT2D eigenvalue weighted by molar-refractivity contribution is -0.135. The number of nitrogens with zero attached hydrogens (tertiary/aromatic N) is 2. The molecule has 6 heteroatoms. The average Bonchev–Trinajstić information content (AvgIpc) is 2.58. The van der Waals surface area contributed by atoms with E-state index in [1.54, 1.807) is 19.1 Å². The summed E-state index contributed by atoms with van der Waals surface area (Å²) in [5.74, 6) is -0.450. The van der Waals surface area contributed by atoms with Crippen molar-refractivity contribution in [1.29, 1.82) is 0 Å². The van der Waals surface area contributed by atoms with E-state index in [2.05, 4.69) is 25.7 Å². The molecule has 1 aromatic rings. The van der Waals surface area contributed by atoms with Gasteiger partial charge in [-0.25, -0.2) is 4.79 Å². The number of ether oxygens (including phenoxy) is 1. The fourth-order valence-electron chi connectivity index (χ4n) is 2.89. The van der Waals surface area contributed by atoms with Crippen LogP contribution in [0.2, 0.25) is 0 Å². The van der Waals surface area contributed by atoms with E-state index in [9.17, 15) is 9.59 Å². The van der Waals surface area contributed by atoms with Crippen molar-refractivity contribution >= 4 is 11.9 Å². The third-order valence-electron chi connectivity index (χ3n) is 4.68. The minimum Gasteiger partial charge on any atom is -0.483 e. The molecular formula is C20H30N2O4. The Bertz CT molecular complexity index is 644. The second-order valence-corrected chi connectivity index (χ2v) is 8.11. The molecule has 1 fully saturated rings. The van der Waals surface area contributed by atoms with Crippen LogP contribution in [0.1, 0.15) is 43.1 Å². The summed E-state index contributed by atoms with van der Waals surface area (Å²) < 4.78 is 5.61. The number of amides is 1. The molecule has 26 heavy (non-hydrogen) atoms. The highest BCUT2D eigenvalue weighted by Crippen LogP contribution is 2.20. The van der Waals surface area contributed by atoms with Crippen molar-refractivity contribution in [3.05, 3.63) is 29.3 Å². The summed E-state index contributed by atoms with van der Waals surface area (Å²) in [5.41, 5.74) is 1.26. The second kappa shape index (κ2) is 8.54. The van der Waals surface area contributed by atoms with Crippen molar-refractivity contribution in [2.45, 2.75) is 34.1 Å². The highest BCUT2D eigenvalue weighted by molar-refractivity contribution is 5.88. The molecule has 144 valence electrons. The summed E-state index contributed by atoms with van der Waals surface area (Å²) in [6, 6.07) is 4.65. The number of aromatic carboxylic acids is 1. The van der Waals surface area contributed by atoms with Crippen molar-refractivity contribution in [1.82, 2.24) is 9.80 Å². The molecule has 1 saturated heterocycles. The molecular weight excluding hydrogens is 332 g/mol. The number of hydrogen-bond donors (Lipinski definition) is 1. The van der Waals surface area contributed by atoms with Crippen LogP contribution in [0.4, 0.5) is 0 Å². The van der Waals surface area contributed by atoms with E-state index in [4.69, 9.17) is 9.84 Å². The van der Waals surface area contributed by atoms with Crippen LogP contribution in [0.3, 0.4) is 0 Å². The number of benzene rings is 1. The molecule has 0 saturated carbocycles. The standard InChI is InChI=1S/C20H30N2O4/c1-15-13-16(19(24)25)5-6-17(15)26-14-18(23)22-11-9-21(10-12-22)8-7-20(2,3)4/h5-6,13H,7-12,14H2,1-4H3,(H,24,25). The molecule has 0 bridgehead atoms. The predicted octanol–water partition coefficient (Wildman–Crippen LogP) is 2.65. The SMILES string of the molecule is Cc1cc(C(=O)O)ccc1OCC(=O)N1CCN(CCC(C)(C)C)CC1. The molecule has 1 aliphatic rings. The number of carbonyl (C=O) groups is 2. The predicted molar refractivity (Wildman–Crippen MR) is 101 cm³/mol. The first-order chi connectivity index (χ1) is 12.2. The summed E-state index contributed by atoms with van der Waals surface area (Å²) in [7, 11) is 0. The molecule has 0 radical (unpaired) electrons. The van der Waals surface area contributed by atoms with E-state index < -0.39 is 5.97 Å². The van der Waals surface area contributed by atoms with Crippen molar-refractivity contribution in [2.75, 3.05) is 39.3 Å². The Morgan fingerprint density at radius 1 is 1.15 bits per heavy atom. The van der Waals surface area contributed by atoms with Crippen LogP contribution in [0, 0.1) is 12.3 Å². The Balaban J connectivity index is 1.78. The number of carboxylic acid groups (broad SMARTS) is 1. The van der Waals surface area contributed by atoms with Crippen LogP contribution in [0.5, 0.6) is 5.75 Å². The van der Waals surface area contributed by atoms with Gasteiger partial charge in [0.2, 0.25) is 0 Å². The Morgan fingerprint density at radius 2 is 1.81 bits per heavy atom. The van der Waals surface area contributed by atoms with Crippen molar-refractivity contribution in [3.63, 3.8) is 0 Å². The summed E-state index contributed by atoms with van der Waals surface area (Å²) in [4.78, 5) is 27.6. The fourth-order valence-corrected chi connectivity index (χ4v) is 2.89. The Morgan fingerprint density at radius 3 is 2.35 bits per heavy atom. The van der Waals surface area contributed by atoms with Crippen LogP contribution in [0.15, 0.2) is 18.2 Å². The van der Waals surface area contributed by atoms with E-state index >= 15 is 0 Å². The maximum atomic E-state index is 12.4. The third kappa shape index (κ3) is 6.02. The molecule has 6 nitrogen and oxygen atoms in total. The van der Waals surface area contributed by atoms with Crippen LogP contribution in [-0.2, 0) is 4.79 Å². The van der Waals surface area contributed by atoms with E-state index in [-0.39, 0.29) is 18.1 Å².